The van der Waals surface area contributed by atoms with Crippen molar-refractivity contribution in [3.8, 4) is 5.75 Å². The molecular weight excluding hydrogens is 247 g/mol. The predicted octanol–water partition coefficient (Wildman–Crippen LogP) is 2.05. The van der Waals surface area contributed by atoms with Gasteiger partial charge in [-0.05, 0) is 18.7 Å². The number of benzene rings is 1. The van der Waals surface area contributed by atoms with Crippen LogP contribution in [0.3, 0.4) is 0 Å². The fraction of sp³-hybridized carbons (Fsp3) is 0.500. The van der Waals surface area contributed by atoms with Gasteiger partial charge in [0.05, 0.1) is 18.2 Å². The van der Waals surface area contributed by atoms with Crippen molar-refractivity contribution >= 4 is 0 Å². The quantitative estimate of drug-likeness (QED) is 0.825. The lowest BCUT2D eigenvalue weighted by Crippen LogP contribution is -2.37. The highest BCUT2D eigenvalue weighted by Gasteiger charge is 2.34. The van der Waals surface area contributed by atoms with Gasteiger partial charge in [-0.15, -0.1) is 0 Å². The van der Waals surface area contributed by atoms with E-state index in [0.29, 0.717) is 6.54 Å². The van der Waals surface area contributed by atoms with E-state index in [1.165, 1.54) is 18.2 Å². The molecule has 0 aromatic heterocycles. The number of halogens is 3. The normalized spacial score (nSPS) is 13.4. The Morgan fingerprint density at radius 1 is 1.33 bits per heavy atom. The number of nitrogens with one attached hydrogen (secondary N) is 1. The van der Waals surface area contributed by atoms with Crippen LogP contribution in [-0.4, -0.2) is 30.9 Å². The van der Waals surface area contributed by atoms with Gasteiger partial charge in [-0.25, -0.2) is 0 Å². The minimum absolute atomic E-state index is 0.0164. The number of aliphatic hydroxyl groups is 1. The van der Waals surface area contributed by atoms with Gasteiger partial charge in [0, 0.05) is 0 Å². The number of ether oxygens (including phenoxy) is 1. The minimum Gasteiger partial charge on any atom is -0.491 e. The second kappa shape index (κ2) is 6.61. The Kier molecular flexibility index (Phi) is 5.43. The van der Waals surface area contributed by atoms with Crippen molar-refractivity contribution < 1.29 is 23.0 Å². The van der Waals surface area contributed by atoms with Crippen molar-refractivity contribution in [3.63, 3.8) is 0 Å². The maximum absolute atomic E-state index is 12.7. The third kappa shape index (κ3) is 4.19. The third-order valence-electron chi connectivity index (χ3n) is 2.35. The van der Waals surface area contributed by atoms with Crippen LogP contribution in [0.2, 0.25) is 0 Å². The molecule has 1 atom stereocenters. The highest BCUT2D eigenvalue weighted by atomic mass is 19.4. The smallest absolute Gasteiger partial charge is 0.419 e. The molecule has 1 unspecified atom stereocenters. The Hall–Kier alpha value is -1.27. The van der Waals surface area contributed by atoms with Crippen LogP contribution in [0.1, 0.15) is 12.5 Å². The molecule has 0 spiro atoms. The third-order valence-corrected chi connectivity index (χ3v) is 2.35. The minimum atomic E-state index is -4.44. The van der Waals surface area contributed by atoms with Gasteiger partial charge in [0.15, 0.2) is 0 Å². The van der Waals surface area contributed by atoms with Gasteiger partial charge in [0.1, 0.15) is 12.4 Å². The zero-order valence-electron chi connectivity index (χ0n) is 10.00. The SMILES string of the molecule is CCNC(CO)COc1ccccc1C(F)(F)F. The molecule has 18 heavy (non-hydrogen) atoms. The molecule has 0 amide bonds. The van der Waals surface area contributed by atoms with Crippen molar-refractivity contribution in [2.75, 3.05) is 19.8 Å². The topological polar surface area (TPSA) is 41.5 Å². The van der Waals surface area contributed by atoms with E-state index in [-0.39, 0.29) is 25.0 Å². The molecule has 0 aliphatic heterocycles. The van der Waals surface area contributed by atoms with Crippen LogP contribution in [0, 0.1) is 0 Å². The highest BCUT2D eigenvalue weighted by Crippen LogP contribution is 2.35. The molecule has 0 saturated carbocycles. The van der Waals surface area contributed by atoms with Crippen LogP contribution in [0.15, 0.2) is 24.3 Å². The number of aliphatic hydroxyl groups excluding tert-OH is 1. The fourth-order valence-electron chi connectivity index (χ4n) is 1.48. The van der Waals surface area contributed by atoms with Gasteiger partial charge >= 0.3 is 6.18 Å². The van der Waals surface area contributed by atoms with Crippen molar-refractivity contribution in [1.29, 1.82) is 0 Å². The number of alkyl halides is 3. The molecule has 3 nitrogen and oxygen atoms in total. The molecule has 1 aromatic carbocycles. The molecule has 0 bridgehead atoms. The number of para-hydroxylation sites is 1. The first-order valence-electron chi connectivity index (χ1n) is 5.62. The number of hydrogen-bond acceptors (Lipinski definition) is 3. The maximum atomic E-state index is 12.7. The lowest BCUT2D eigenvalue weighted by Gasteiger charge is -2.18. The summed E-state index contributed by atoms with van der Waals surface area (Å²) in [5.74, 6) is -0.221. The van der Waals surface area contributed by atoms with Gasteiger partial charge in [-0.3, -0.25) is 0 Å². The van der Waals surface area contributed by atoms with Crippen LogP contribution in [0.5, 0.6) is 5.75 Å². The summed E-state index contributed by atoms with van der Waals surface area (Å²) in [6.07, 6.45) is -4.44. The lowest BCUT2D eigenvalue weighted by atomic mass is 10.2. The van der Waals surface area contributed by atoms with Gasteiger partial charge < -0.3 is 15.2 Å². The van der Waals surface area contributed by atoms with E-state index in [9.17, 15) is 13.2 Å². The first kappa shape index (κ1) is 14.8. The van der Waals surface area contributed by atoms with E-state index in [1.807, 2.05) is 6.92 Å². The summed E-state index contributed by atoms with van der Waals surface area (Å²) in [7, 11) is 0. The van der Waals surface area contributed by atoms with Gasteiger partial charge in [-0.2, -0.15) is 13.2 Å². The Balaban J connectivity index is 2.73. The first-order chi connectivity index (χ1) is 8.49. The van der Waals surface area contributed by atoms with Crippen molar-refractivity contribution in [1.82, 2.24) is 5.32 Å². The fourth-order valence-corrected chi connectivity index (χ4v) is 1.48. The lowest BCUT2D eigenvalue weighted by molar-refractivity contribution is -0.139. The summed E-state index contributed by atoms with van der Waals surface area (Å²) in [6, 6.07) is 4.64. The van der Waals surface area contributed by atoms with Crippen molar-refractivity contribution in [2.24, 2.45) is 0 Å². The molecular formula is C12H16F3NO2. The highest BCUT2D eigenvalue weighted by molar-refractivity contribution is 5.35. The number of rotatable bonds is 6. The van der Waals surface area contributed by atoms with E-state index in [2.05, 4.69) is 5.32 Å². The molecule has 1 rings (SSSR count). The Morgan fingerprint density at radius 3 is 2.56 bits per heavy atom. The van der Waals surface area contributed by atoms with Gasteiger partial charge in [0.25, 0.3) is 0 Å². The van der Waals surface area contributed by atoms with E-state index >= 15 is 0 Å². The Bertz CT molecular complexity index is 369. The maximum Gasteiger partial charge on any atom is 0.419 e. The predicted molar refractivity (Wildman–Crippen MR) is 61.5 cm³/mol. The van der Waals surface area contributed by atoms with Crippen LogP contribution in [-0.2, 0) is 6.18 Å². The average molecular weight is 263 g/mol. The number of likely N-dealkylation sites (N-methyl/N-ethyl adjacent to an activating group) is 1. The molecule has 0 fully saturated rings. The molecule has 102 valence electrons. The molecule has 0 aliphatic rings. The van der Waals surface area contributed by atoms with E-state index in [0.717, 1.165) is 6.07 Å². The van der Waals surface area contributed by atoms with Gasteiger partial charge in [0.2, 0.25) is 0 Å². The summed E-state index contributed by atoms with van der Waals surface area (Å²) in [6.45, 7) is 2.24. The summed E-state index contributed by atoms with van der Waals surface area (Å²) in [5.41, 5.74) is -0.807. The largest absolute Gasteiger partial charge is 0.491 e. The van der Waals surface area contributed by atoms with E-state index in [4.69, 9.17) is 9.84 Å². The molecule has 6 heteroatoms. The van der Waals surface area contributed by atoms with Crippen LogP contribution in [0.4, 0.5) is 13.2 Å². The zero-order valence-corrected chi connectivity index (χ0v) is 10.00. The van der Waals surface area contributed by atoms with Gasteiger partial charge in [-0.1, -0.05) is 19.1 Å². The summed E-state index contributed by atoms with van der Waals surface area (Å²) < 4.78 is 43.1. The zero-order chi connectivity index (χ0) is 13.6. The van der Waals surface area contributed by atoms with Crippen LogP contribution in [0.25, 0.3) is 0 Å². The van der Waals surface area contributed by atoms with Crippen LogP contribution >= 0.6 is 0 Å². The summed E-state index contributed by atoms with van der Waals surface area (Å²) in [5, 5.41) is 11.9. The van der Waals surface area contributed by atoms with E-state index < -0.39 is 11.7 Å². The number of hydrogen-bond donors (Lipinski definition) is 2. The monoisotopic (exact) mass is 263 g/mol. The Labute approximate surface area is 104 Å². The summed E-state index contributed by atoms with van der Waals surface area (Å²) >= 11 is 0. The second-order valence-corrected chi connectivity index (χ2v) is 3.74. The molecule has 0 radical (unpaired) electrons. The molecule has 1 aromatic rings. The van der Waals surface area contributed by atoms with Crippen molar-refractivity contribution in [2.45, 2.75) is 19.1 Å². The molecule has 0 saturated heterocycles. The average Bonchev–Trinajstić information content (AvgIpc) is 2.33. The van der Waals surface area contributed by atoms with Crippen molar-refractivity contribution in [3.05, 3.63) is 29.8 Å². The first-order valence-corrected chi connectivity index (χ1v) is 5.62. The van der Waals surface area contributed by atoms with E-state index in [1.54, 1.807) is 0 Å². The Morgan fingerprint density at radius 2 is 2.00 bits per heavy atom. The molecule has 2 N–H and O–H groups in total. The second-order valence-electron chi connectivity index (χ2n) is 3.74. The molecule has 0 heterocycles. The van der Waals surface area contributed by atoms with Crippen LogP contribution < -0.4 is 10.1 Å². The summed E-state index contributed by atoms with van der Waals surface area (Å²) in [4.78, 5) is 0. The standard InChI is InChI=1S/C12H16F3NO2/c1-2-16-9(7-17)8-18-11-6-4-3-5-10(11)12(13,14)15/h3-6,9,16-17H,2,7-8H2,1H3. The molecule has 0 aliphatic carbocycles.